The van der Waals surface area contributed by atoms with Gasteiger partial charge in [-0.25, -0.2) is 4.79 Å². The van der Waals surface area contributed by atoms with Gasteiger partial charge in [0.05, 0.1) is 6.04 Å². The molecule has 0 saturated carbocycles. The van der Waals surface area contributed by atoms with Crippen LogP contribution in [0.25, 0.3) is 0 Å². The molecule has 1 aromatic carbocycles. The molecule has 34 heavy (non-hydrogen) atoms. The Labute approximate surface area is 205 Å². The highest BCUT2D eigenvalue weighted by Crippen LogP contribution is 2.20. The number of hydrogen-bond donors (Lipinski definition) is 4. The Bertz CT molecular complexity index is 851. The van der Waals surface area contributed by atoms with Gasteiger partial charge in [-0.05, 0) is 42.8 Å². The Kier molecular flexibility index (Phi) is 10.8. The van der Waals surface area contributed by atoms with Crippen LogP contribution < -0.4 is 16.4 Å². The van der Waals surface area contributed by atoms with E-state index < -0.39 is 42.0 Å². The largest absolute Gasteiger partial charge is 0.480 e. The fourth-order valence-electron chi connectivity index (χ4n) is 3.88. The first-order chi connectivity index (χ1) is 16.1. The van der Waals surface area contributed by atoms with Crippen LogP contribution in [0.1, 0.15) is 38.7 Å². The lowest BCUT2D eigenvalue weighted by atomic mass is 10.0. The summed E-state index contributed by atoms with van der Waals surface area (Å²) in [6.07, 6.45) is 3.47. The van der Waals surface area contributed by atoms with E-state index in [1.54, 1.807) is 0 Å². The molecule has 1 heterocycles. The van der Waals surface area contributed by atoms with Gasteiger partial charge in [0, 0.05) is 13.0 Å². The number of aliphatic carboxylic acids is 1. The molecule has 188 valence electrons. The molecule has 1 saturated heterocycles. The van der Waals surface area contributed by atoms with Gasteiger partial charge in [-0.15, -0.1) is 0 Å². The summed E-state index contributed by atoms with van der Waals surface area (Å²) in [5.74, 6) is -1.90. The number of benzene rings is 1. The molecule has 3 amide bonds. The third kappa shape index (κ3) is 7.73. The van der Waals surface area contributed by atoms with Gasteiger partial charge in [0.2, 0.25) is 17.7 Å². The summed E-state index contributed by atoms with van der Waals surface area (Å²) in [6, 6.07) is 5.86. The molecule has 9 nitrogen and oxygen atoms in total. The minimum Gasteiger partial charge on any atom is -0.480 e. The van der Waals surface area contributed by atoms with Crippen LogP contribution in [0.2, 0.25) is 0 Å². The number of nitrogens with one attached hydrogen (secondary N) is 2. The molecule has 1 aromatic rings. The maximum absolute atomic E-state index is 13.6. The summed E-state index contributed by atoms with van der Waals surface area (Å²) in [4.78, 5) is 52.2. The van der Waals surface area contributed by atoms with E-state index in [-0.39, 0.29) is 18.2 Å². The van der Waals surface area contributed by atoms with Crippen LogP contribution in [0, 0.1) is 5.92 Å². The summed E-state index contributed by atoms with van der Waals surface area (Å²) < 4.78 is 0. The molecule has 0 bridgehead atoms. The van der Waals surface area contributed by atoms with Gasteiger partial charge in [0.25, 0.3) is 0 Å². The highest BCUT2D eigenvalue weighted by molar-refractivity contribution is 7.98. The van der Waals surface area contributed by atoms with Gasteiger partial charge in [-0.2, -0.15) is 11.8 Å². The van der Waals surface area contributed by atoms with Crippen molar-refractivity contribution in [3.63, 3.8) is 0 Å². The van der Waals surface area contributed by atoms with E-state index in [0.717, 1.165) is 5.56 Å². The molecule has 1 aliphatic heterocycles. The van der Waals surface area contributed by atoms with Crippen molar-refractivity contribution in [2.75, 3.05) is 18.6 Å². The average molecular weight is 493 g/mol. The average Bonchev–Trinajstić information content (AvgIpc) is 3.30. The lowest BCUT2D eigenvalue weighted by Crippen LogP contribution is -2.57. The van der Waals surface area contributed by atoms with Crippen molar-refractivity contribution in [3.8, 4) is 0 Å². The highest BCUT2D eigenvalue weighted by atomic mass is 32.2. The van der Waals surface area contributed by atoms with E-state index in [1.807, 2.05) is 50.4 Å². The molecular weight excluding hydrogens is 456 g/mol. The predicted molar refractivity (Wildman–Crippen MR) is 132 cm³/mol. The lowest BCUT2D eigenvalue weighted by Gasteiger charge is -2.30. The van der Waals surface area contributed by atoms with Gasteiger partial charge < -0.3 is 26.4 Å². The van der Waals surface area contributed by atoms with Gasteiger partial charge in [-0.1, -0.05) is 44.2 Å². The summed E-state index contributed by atoms with van der Waals surface area (Å²) >= 11 is 1.50. The molecule has 0 aromatic heterocycles. The van der Waals surface area contributed by atoms with Crippen LogP contribution >= 0.6 is 11.8 Å². The number of amides is 3. The number of nitrogens with zero attached hydrogens (tertiary/aromatic N) is 1. The first-order valence-electron chi connectivity index (χ1n) is 11.6. The molecule has 4 unspecified atom stereocenters. The second kappa shape index (κ2) is 13.3. The highest BCUT2D eigenvalue weighted by Gasteiger charge is 2.39. The smallest absolute Gasteiger partial charge is 0.326 e. The van der Waals surface area contributed by atoms with E-state index in [0.29, 0.717) is 31.6 Å². The predicted octanol–water partition coefficient (Wildman–Crippen LogP) is 1.01. The Hall–Kier alpha value is -2.59. The van der Waals surface area contributed by atoms with Crippen LogP contribution in [0.15, 0.2) is 30.3 Å². The molecule has 10 heteroatoms. The first-order valence-corrected chi connectivity index (χ1v) is 13.0. The number of carboxylic acid groups (broad SMARTS) is 1. The Morgan fingerprint density at radius 2 is 1.82 bits per heavy atom. The van der Waals surface area contributed by atoms with Crippen molar-refractivity contribution >= 4 is 35.5 Å². The number of likely N-dealkylation sites (tertiary alicyclic amines) is 1. The van der Waals surface area contributed by atoms with E-state index >= 15 is 0 Å². The first kappa shape index (κ1) is 27.7. The lowest BCUT2D eigenvalue weighted by molar-refractivity contribution is -0.145. The van der Waals surface area contributed by atoms with Crippen molar-refractivity contribution < 1.29 is 24.3 Å². The van der Waals surface area contributed by atoms with Gasteiger partial charge >= 0.3 is 5.97 Å². The van der Waals surface area contributed by atoms with Crippen molar-refractivity contribution in [3.05, 3.63) is 35.9 Å². The molecule has 0 radical (unpaired) electrons. The second-order valence-electron chi connectivity index (χ2n) is 8.89. The van der Waals surface area contributed by atoms with Crippen LogP contribution in [-0.2, 0) is 25.6 Å². The molecule has 4 atom stereocenters. The van der Waals surface area contributed by atoms with Gasteiger partial charge in [0.15, 0.2) is 0 Å². The van der Waals surface area contributed by atoms with Crippen molar-refractivity contribution in [1.29, 1.82) is 0 Å². The summed E-state index contributed by atoms with van der Waals surface area (Å²) in [6.45, 7) is 4.01. The normalized spacial score (nSPS) is 18.3. The Morgan fingerprint density at radius 1 is 1.15 bits per heavy atom. The molecule has 1 fully saturated rings. The molecule has 0 aliphatic carbocycles. The monoisotopic (exact) mass is 492 g/mol. The topological polar surface area (TPSA) is 142 Å². The fraction of sp³-hybridized carbons (Fsp3) is 0.583. The quantitative estimate of drug-likeness (QED) is 0.341. The fourth-order valence-corrected chi connectivity index (χ4v) is 4.36. The van der Waals surface area contributed by atoms with Crippen LogP contribution in [-0.4, -0.2) is 76.4 Å². The number of rotatable bonds is 12. The van der Waals surface area contributed by atoms with Crippen LogP contribution in [0.5, 0.6) is 0 Å². The molecule has 2 rings (SSSR count). The Balaban J connectivity index is 2.19. The van der Waals surface area contributed by atoms with E-state index in [9.17, 15) is 24.3 Å². The maximum atomic E-state index is 13.6. The van der Waals surface area contributed by atoms with Crippen molar-refractivity contribution in [2.24, 2.45) is 11.7 Å². The number of carbonyl (C=O) groups is 4. The zero-order chi connectivity index (χ0) is 25.3. The van der Waals surface area contributed by atoms with Gasteiger partial charge in [0.1, 0.15) is 18.1 Å². The van der Waals surface area contributed by atoms with E-state index in [4.69, 9.17) is 5.73 Å². The van der Waals surface area contributed by atoms with Crippen molar-refractivity contribution in [1.82, 2.24) is 15.5 Å². The SMILES string of the molecule is CSCCC(NC(=O)C1CCCN1C(=O)C(Cc1ccccc1)NC(=O)C(N)C(C)C)C(=O)O. The summed E-state index contributed by atoms with van der Waals surface area (Å²) in [5, 5.41) is 14.8. The number of carbonyl (C=O) groups excluding carboxylic acids is 3. The zero-order valence-electron chi connectivity index (χ0n) is 20.0. The van der Waals surface area contributed by atoms with Gasteiger partial charge in [-0.3, -0.25) is 14.4 Å². The van der Waals surface area contributed by atoms with Crippen LogP contribution in [0.3, 0.4) is 0 Å². The third-order valence-corrected chi connectivity index (χ3v) is 6.63. The minimum absolute atomic E-state index is 0.105. The molecular formula is C24H36N4O5S. The minimum atomic E-state index is -1.10. The number of carboxylic acids is 1. The molecule has 1 aliphatic rings. The number of hydrogen-bond acceptors (Lipinski definition) is 6. The standard InChI is InChI=1S/C24H36N4O5S/c1-15(2)20(25)22(30)27-18(14-16-8-5-4-6-9-16)23(31)28-12-7-10-19(28)21(29)26-17(24(32)33)11-13-34-3/h4-6,8-9,15,17-20H,7,10-14,25H2,1-3H3,(H,26,29)(H,27,30)(H,32,33). The maximum Gasteiger partial charge on any atom is 0.326 e. The molecule has 5 N–H and O–H groups in total. The number of nitrogens with two attached hydrogens (primary N) is 1. The van der Waals surface area contributed by atoms with Crippen LogP contribution in [0.4, 0.5) is 0 Å². The summed E-state index contributed by atoms with van der Waals surface area (Å²) in [7, 11) is 0. The van der Waals surface area contributed by atoms with Crippen molar-refractivity contribution in [2.45, 2.75) is 63.7 Å². The zero-order valence-corrected chi connectivity index (χ0v) is 20.8. The second-order valence-corrected chi connectivity index (χ2v) is 9.88. The Morgan fingerprint density at radius 3 is 2.41 bits per heavy atom. The summed E-state index contributed by atoms with van der Waals surface area (Å²) in [5.41, 5.74) is 6.86. The number of thioether (sulfide) groups is 1. The van der Waals surface area contributed by atoms with E-state index in [2.05, 4.69) is 10.6 Å². The third-order valence-electron chi connectivity index (χ3n) is 5.98. The molecule has 0 spiro atoms. The van der Waals surface area contributed by atoms with E-state index in [1.165, 1.54) is 16.7 Å².